The van der Waals surface area contributed by atoms with Gasteiger partial charge in [0.2, 0.25) is 0 Å². The van der Waals surface area contributed by atoms with Gasteiger partial charge in [-0.15, -0.1) is 0 Å². The molecule has 1 saturated heterocycles. The van der Waals surface area contributed by atoms with E-state index in [1.165, 1.54) is 51.8 Å². The van der Waals surface area contributed by atoms with Crippen LogP contribution < -0.4 is 8.32 Å². The van der Waals surface area contributed by atoms with E-state index in [1.54, 1.807) is 3.58 Å². The van der Waals surface area contributed by atoms with Crippen molar-refractivity contribution in [2.75, 3.05) is 13.1 Å². The number of hydrogen-bond acceptors (Lipinski definition) is 3. The standard InChI is InChI=1S/C16H22NO3.3C4H9.Sn/c1-16(2,3)20-15(18)17-11-9-14(10-12-17)19-13-7-5-4-6-8-13;3*1-3-4-2;/h5-8,14H,9-12H2,1-3H3;3*1,3-4H2,2H3;. The molecular weight excluding hydrogens is 517 g/mol. The Kier molecular flexibility index (Phi) is 11.9. The number of piperidine rings is 1. The topological polar surface area (TPSA) is 38.8 Å². The number of carbonyl (C=O) groups is 1. The van der Waals surface area contributed by atoms with Crippen LogP contribution in [-0.4, -0.2) is 54.2 Å². The summed E-state index contributed by atoms with van der Waals surface area (Å²) in [5, 5.41) is 0. The van der Waals surface area contributed by atoms with Crippen molar-refractivity contribution >= 4 is 28.0 Å². The Balaban J connectivity index is 2.00. The van der Waals surface area contributed by atoms with Crippen LogP contribution in [0.4, 0.5) is 4.79 Å². The van der Waals surface area contributed by atoms with E-state index < -0.39 is 24.0 Å². The molecule has 33 heavy (non-hydrogen) atoms. The van der Waals surface area contributed by atoms with E-state index >= 15 is 0 Å². The fourth-order valence-corrected chi connectivity index (χ4v) is 20.8. The van der Waals surface area contributed by atoms with Crippen LogP contribution >= 0.6 is 0 Å². The van der Waals surface area contributed by atoms with Crippen molar-refractivity contribution in [2.45, 2.75) is 118 Å². The number of likely N-dealkylation sites (tertiary alicyclic amines) is 1. The summed E-state index contributed by atoms with van der Waals surface area (Å²) >= 11 is -2.37. The van der Waals surface area contributed by atoms with Crippen LogP contribution in [0.1, 0.15) is 92.9 Å². The van der Waals surface area contributed by atoms with Crippen molar-refractivity contribution in [3.8, 4) is 5.75 Å². The van der Waals surface area contributed by atoms with Gasteiger partial charge in [0, 0.05) is 0 Å². The molecule has 1 aliphatic rings. The summed E-state index contributed by atoms with van der Waals surface area (Å²) in [5.74, 6) is 0.983. The number of carbonyl (C=O) groups excluding carboxylic acids is 1. The van der Waals surface area contributed by atoms with Crippen LogP contribution in [0.5, 0.6) is 5.75 Å². The van der Waals surface area contributed by atoms with E-state index in [4.69, 9.17) is 9.47 Å². The molecule has 1 amide bonds. The first-order chi connectivity index (χ1) is 15.7. The molecule has 4 nitrogen and oxygen atoms in total. The minimum absolute atomic E-state index is 0.170. The van der Waals surface area contributed by atoms with Gasteiger partial charge in [0.1, 0.15) is 0 Å². The first-order valence-electron chi connectivity index (χ1n) is 13.5. The summed E-state index contributed by atoms with van der Waals surface area (Å²) in [6, 6.07) is 9.29. The van der Waals surface area contributed by atoms with Gasteiger partial charge in [0.25, 0.3) is 0 Å². The van der Waals surface area contributed by atoms with Crippen molar-refractivity contribution in [2.24, 2.45) is 0 Å². The molecule has 188 valence electrons. The van der Waals surface area contributed by atoms with Crippen molar-refractivity contribution < 1.29 is 14.3 Å². The van der Waals surface area contributed by atoms with Gasteiger partial charge < -0.3 is 0 Å². The summed E-state index contributed by atoms with van der Waals surface area (Å²) in [4.78, 5) is 14.1. The molecular formula is C28H49NO3Sn. The Morgan fingerprint density at radius 2 is 1.39 bits per heavy atom. The number of nitrogens with zero attached hydrogens (tertiary/aromatic N) is 1. The van der Waals surface area contributed by atoms with Crippen molar-refractivity contribution in [1.29, 1.82) is 0 Å². The summed E-state index contributed by atoms with van der Waals surface area (Å²) < 4.78 is 18.0. The molecule has 1 heterocycles. The normalized spacial score (nSPS) is 15.5. The maximum atomic E-state index is 12.3. The number of rotatable bonds is 12. The average molecular weight is 566 g/mol. The Labute approximate surface area is 207 Å². The fraction of sp³-hybridized carbons (Fsp3) is 0.750. The molecule has 0 saturated carbocycles. The predicted octanol–water partition coefficient (Wildman–Crippen LogP) is 7.52. The Hall–Kier alpha value is -0.911. The Bertz CT molecular complexity index is 668. The number of amides is 1. The molecule has 0 spiro atoms. The molecule has 0 radical (unpaired) electrons. The minimum atomic E-state index is -2.37. The third-order valence-corrected chi connectivity index (χ3v) is 22.6. The molecule has 1 aromatic carbocycles. The Morgan fingerprint density at radius 3 is 1.82 bits per heavy atom. The van der Waals surface area contributed by atoms with E-state index in [-0.39, 0.29) is 12.2 Å². The summed E-state index contributed by atoms with van der Waals surface area (Å²) in [5.41, 5.74) is -0.447. The summed E-state index contributed by atoms with van der Waals surface area (Å²) in [6.07, 6.45) is 9.75. The van der Waals surface area contributed by atoms with Gasteiger partial charge >= 0.3 is 187 Å². The van der Waals surface area contributed by atoms with E-state index in [0.29, 0.717) is 13.1 Å². The van der Waals surface area contributed by atoms with Gasteiger partial charge in [-0.25, -0.2) is 0 Å². The zero-order valence-corrected chi connectivity index (χ0v) is 25.1. The number of hydrogen-bond donors (Lipinski definition) is 0. The Morgan fingerprint density at radius 1 is 0.909 bits per heavy atom. The molecule has 0 bridgehead atoms. The van der Waals surface area contributed by atoms with Gasteiger partial charge in [-0.2, -0.15) is 0 Å². The van der Waals surface area contributed by atoms with Crippen molar-refractivity contribution in [3.05, 3.63) is 24.3 Å². The van der Waals surface area contributed by atoms with Crippen molar-refractivity contribution in [1.82, 2.24) is 4.90 Å². The molecule has 0 aliphatic carbocycles. The third-order valence-electron chi connectivity index (χ3n) is 6.89. The zero-order chi connectivity index (χ0) is 24.3. The van der Waals surface area contributed by atoms with Gasteiger partial charge in [-0.05, 0) is 20.8 Å². The van der Waals surface area contributed by atoms with Gasteiger partial charge in [0.05, 0.1) is 0 Å². The first kappa shape index (κ1) is 28.3. The average Bonchev–Trinajstić information content (AvgIpc) is 2.79. The third kappa shape index (κ3) is 9.33. The SMILES string of the molecule is CCC[CH2][Sn]([CH2]CCC)([CH2]CCC)[c]1ccc(OC2CCN(C(=O)OC(C)(C)C)CC2)cc1. The molecule has 0 atom stereocenters. The van der Waals surface area contributed by atoms with Crippen LogP contribution in [0.2, 0.25) is 13.3 Å². The van der Waals surface area contributed by atoms with Crippen LogP contribution in [0.25, 0.3) is 0 Å². The van der Waals surface area contributed by atoms with Crippen LogP contribution in [0.15, 0.2) is 24.3 Å². The molecule has 1 aliphatic heterocycles. The molecule has 2 rings (SSSR count). The van der Waals surface area contributed by atoms with E-state index in [0.717, 1.165) is 18.6 Å². The predicted molar refractivity (Wildman–Crippen MR) is 142 cm³/mol. The monoisotopic (exact) mass is 567 g/mol. The molecule has 0 N–H and O–H groups in total. The zero-order valence-electron chi connectivity index (χ0n) is 22.3. The van der Waals surface area contributed by atoms with Gasteiger partial charge in [-0.3, -0.25) is 0 Å². The van der Waals surface area contributed by atoms with E-state index in [9.17, 15) is 4.79 Å². The van der Waals surface area contributed by atoms with Crippen LogP contribution in [0.3, 0.4) is 0 Å². The fourth-order valence-electron chi connectivity index (χ4n) is 4.92. The summed E-state index contributed by atoms with van der Waals surface area (Å²) in [6.45, 7) is 14.1. The second-order valence-corrected chi connectivity index (χ2v) is 24.1. The molecule has 1 fully saturated rings. The first-order valence-corrected chi connectivity index (χ1v) is 21.0. The van der Waals surface area contributed by atoms with Gasteiger partial charge in [-0.1, -0.05) is 0 Å². The van der Waals surface area contributed by atoms with Gasteiger partial charge in [0.15, 0.2) is 0 Å². The van der Waals surface area contributed by atoms with Crippen LogP contribution in [0, 0.1) is 0 Å². The second-order valence-electron chi connectivity index (χ2n) is 10.9. The number of unbranched alkanes of at least 4 members (excludes halogenated alkanes) is 3. The summed E-state index contributed by atoms with van der Waals surface area (Å²) in [7, 11) is 0. The maximum absolute atomic E-state index is 12.3. The molecule has 5 heteroatoms. The number of ether oxygens (including phenoxy) is 2. The van der Waals surface area contributed by atoms with E-state index in [2.05, 4.69) is 45.0 Å². The molecule has 0 unspecified atom stereocenters. The second kappa shape index (κ2) is 13.8. The van der Waals surface area contributed by atoms with E-state index in [1.807, 2.05) is 25.7 Å². The molecule has 1 aromatic rings. The number of benzene rings is 1. The van der Waals surface area contributed by atoms with Crippen LogP contribution in [-0.2, 0) is 4.74 Å². The quantitative estimate of drug-likeness (QED) is 0.246. The van der Waals surface area contributed by atoms with Crippen molar-refractivity contribution in [3.63, 3.8) is 0 Å². The molecule has 0 aromatic heterocycles.